The minimum atomic E-state index is 0.228. The second kappa shape index (κ2) is 5.71. The van der Waals surface area contributed by atoms with Gasteiger partial charge in [0.05, 0.1) is 15.7 Å². The molecule has 0 radical (unpaired) electrons. The number of benzene rings is 1. The maximum atomic E-state index is 6.01. The Morgan fingerprint density at radius 2 is 2.11 bits per heavy atom. The van der Waals surface area contributed by atoms with E-state index < -0.39 is 0 Å². The monoisotopic (exact) mass is 348 g/mol. The Balaban J connectivity index is 2.36. The number of hydrogen-bond donors (Lipinski definition) is 2. The Morgan fingerprint density at radius 3 is 2.83 bits per heavy atom. The molecule has 5 nitrogen and oxygen atoms in total. The number of nitrogens with one attached hydrogen (secondary N) is 1. The molecule has 2 aromatic rings. The van der Waals surface area contributed by atoms with Crippen molar-refractivity contribution in [2.45, 2.75) is 0 Å². The molecule has 0 bridgehead atoms. The Labute approximate surface area is 121 Å². The van der Waals surface area contributed by atoms with Crippen LogP contribution >= 0.6 is 39.1 Å². The van der Waals surface area contributed by atoms with E-state index in [1.165, 1.54) is 6.20 Å². The van der Waals surface area contributed by atoms with Crippen LogP contribution in [0.5, 0.6) is 11.6 Å². The van der Waals surface area contributed by atoms with Gasteiger partial charge >= 0.3 is 0 Å². The molecule has 8 heteroatoms. The summed E-state index contributed by atoms with van der Waals surface area (Å²) >= 11 is 15.2. The van der Waals surface area contributed by atoms with Crippen LogP contribution in [0.25, 0.3) is 0 Å². The summed E-state index contributed by atoms with van der Waals surface area (Å²) in [6, 6.07) is 5.07. The molecule has 1 aromatic carbocycles. The zero-order valence-corrected chi connectivity index (χ0v) is 11.9. The van der Waals surface area contributed by atoms with Crippen molar-refractivity contribution >= 4 is 45.1 Å². The molecule has 0 amide bonds. The van der Waals surface area contributed by atoms with Crippen LogP contribution in [0.4, 0.5) is 5.95 Å². The molecule has 0 saturated heterocycles. The number of halogens is 3. The first-order valence-electron chi connectivity index (χ1n) is 4.73. The molecule has 94 valence electrons. The fourth-order valence-corrected chi connectivity index (χ4v) is 1.76. The largest absolute Gasteiger partial charge is 0.436 e. The van der Waals surface area contributed by atoms with Crippen LogP contribution in [-0.2, 0) is 0 Å². The molecule has 1 aromatic heterocycles. The third-order valence-corrected chi connectivity index (χ3v) is 3.31. The Morgan fingerprint density at radius 1 is 1.33 bits per heavy atom. The van der Waals surface area contributed by atoms with Crippen LogP contribution in [-0.4, -0.2) is 9.97 Å². The van der Waals surface area contributed by atoms with Crippen molar-refractivity contribution in [3.05, 3.63) is 38.9 Å². The molecule has 0 aliphatic heterocycles. The van der Waals surface area contributed by atoms with Crippen molar-refractivity contribution in [2.75, 3.05) is 5.43 Å². The van der Waals surface area contributed by atoms with E-state index in [-0.39, 0.29) is 11.8 Å². The van der Waals surface area contributed by atoms with Crippen LogP contribution in [0, 0.1) is 0 Å². The maximum absolute atomic E-state index is 6.01. The maximum Gasteiger partial charge on any atom is 0.240 e. The van der Waals surface area contributed by atoms with E-state index in [2.05, 4.69) is 31.3 Å². The summed E-state index contributed by atoms with van der Waals surface area (Å²) in [5.41, 5.74) is 2.32. The van der Waals surface area contributed by atoms with Gasteiger partial charge in [-0.15, -0.1) is 0 Å². The predicted octanol–water partition coefficient (Wildman–Crippen LogP) is 3.62. The first kappa shape index (κ1) is 13.4. The van der Waals surface area contributed by atoms with Crippen LogP contribution in [0.3, 0.4) is 0 Å². The third kappa shape index (κ3) is 2.84. The predicted molar refractivity (Wildman–Crippen MR) is 74.1 cm³/mol. The van der Waals surface area contributed by atoms with Gasteiger partial charge in [0.15, 0.2) is 0 Å². The summed E-state index contributed by atoms with van der Waals surface area (Å²) in [6.45, 7) is 0. The van der Waals surface area contributed by atoms with Crippen molar-refractivity contribution in [1.82, 2.24) is 9.97 Å². The first-order valence-corrected chi connectivity index (χ1v) is 6.27. The number of hydrazine groups is 1. The van der Waals surface area contributed by atoms with E-state index in [0.717, 1.165) is 0 Å². The highest BCUT2D eigenvalue weighted by Crippen LogP contribution is 2.36. The van der Waals surface area contributed by atoms with Gasteiger partial charge in [0, 0.05) is 0 Å². The molecule has 0 unspecified atom stereocenters. The second-order valence-electron chi connectivity index (χ2n) is 3.15. The molecule has 18 heavy (non-hydrogen) atoms. The summed E-state index contributed by atoms with van der Waals surface area (Å²) in [5.74, 6) is 6.13. The number of rotatable bonds is 3. The molecule has 0 fully saturated rings. The van der Waals surface area contributed by atoms with Crippen molar-refractivity contribution in [1.29, 1.82) is 0 Å². The van der Waals surface area contributed by atoms with E-state index in [1.54, 1.807) is 18.2 Å². The third-order valence-electron chi connectivity index (χ3n) is 1.96. The quantitative estimate of drug-likeness (QED) is 0.654. The van der Waals surface area contributed by atoms with Gasteiger partial charge in [0.2, 0.25) is 11.8 Å². The van der Waals surface area contributed by atoms with Gasteiger partial charge in [-0.1, -0.05) is 29.3 Å². The lowest BCUT2D eigenvalue weighted by atomic mass is 10.3. The Bertz CT molecular complexity index is 582. The molecule has 0 aliphatic rings. The first-order chi connectivity index (χ1) is 8.61. The SMILES string of the molecule is NNc1ncc(Br)c(Oc2cccc(Cl)c2Cl)n1. The molecule has 0 aliphatic carbocycles. The minimum Gasteiger partial charge on any atom is -0.436 e. The lowest BCUT2D eigenvalue weighted by Gasteiger charge is -2.09. The van der Waals surface area contributed by atoms with Crippen LogP contribution in [0.15, 0.2) is 28.9 Å². The van der Waals surface area contributed by atoms with Crippen LogP contribution < -0.4 is 16.0 Å². The Hall–Kier alpha value is -1.08. The van der Waals surface area contributed by atoms with E-state index in [9.17, 15) is 0 Å². The Kier molecular flexibility index (Phi) is 4.23. The molecule has 2 rings (SSSR count). The topological polar surface area (TPSA) is 73.1 Å². The van der Waals surface area contributed by atoms with E-state index in [0.29, 0.717) is 20.3 Å². The summed E-state index contributed by atoms with van der Waals surface area (Å²) in [5, 5.41) is 0.712. The number of nitrogens with two attached hydrogens (primary N) is 1. The van der Waals surface area contributed by atoms with Crippen molar-refractivity contribution < 1.29 is 4.74 Å². The van der Waals surface area contributed by atoms with Gasteiger partial charge < -0.3 is 4.74 Å². The minimum absolute atomic E-state index is 0.228. The van der Waals surface area contributed by atoms with Crippen molar-refractivity contribution in [2.24, 2.45) is 5.84 Å². The summed E-state index contributed by atoms with van der Waals surface area (Å²) in [4.78, 5) is 7.94. The van der Waals surface area contributed by atoms with E-state index >= 15 is 0 Å². The normalized spacial score (nSPS) is 10.2. The van der Waals surface area contributed by atoms with Gasteiger partial charge in [-0.25, -0.2) is 10.8 Å². The number of anilines is 1. The summed E-state index contributed by atoms with van der Waals surface area (Å²) in [6.07, 6.45) is 1.51. The molecule has 0 saturated carbocycles. The lowest BCUT2D eigenvalue weighted by Crippen LogP contribution is -2.10. The molecular weight excluding hydrogens is 343 g/mol. The molecular formula is C10H7BrCl2N4O. The standard InChI is InChI=1S/C10H7BrCl2N4O/c11-5-4-15-10(17-14)16-9(5)18-7-3-1-2-6(12)8(7)13/h1-4H,14H2,(H,15,16,17). The molecule has 0 atom stereocenters. The van der Waals surface area contributed by atoms with Crippen molar-refractivity contribution in [3.63, 3.8) is 0 Å². The number of nitrogens with zero attached hydrogens (tertiary/aromatic N) is 2. The second-order valence-corrected chi connectivity index (χ2v) is 4.78. The van der Waals surface area contributed by atoms with Gasteiger partial charge in [0.1, 0.15) is 10.8 Å². The van der Waals surface area contributed by atoms with Gasteiger partial charge in [0.25, 0.3) is 0 Å². The van der Waals surface area contributed by atoms with Gasteiger partial charge in [-0.3, -0.25) is 5.43 Å². The number of ether oxygens (including phenoxy) is 1. The lowest BCUT2D eigenvalue weighted by molar-refractivity contribution is 0.459. The van der Waals surface area contributed by atoms with E-state index in [4.69, 9.17) is 33.8 Å². The average Bonchev–Trinajstić information content (AvgIpc) is 2.37. The number of hydrogen-bond acceptors (Lipinski definition) is 5. The fraction of sp³-hybridized carbons (Fsp3) is 0. The molecule has 0 spiro atoms. The average molecular weight is 350 g/mol. The van der Waals surface area contributed by atoms with Crippen LogP contribution in [0.2, 0.25) is 10.0 Å². The zero-order valence-electron chi connectivity index (χ0n) is 8.82. The van der Waals surface area contributed by atoms with Crippen LogP contribution in [0.1, 0.15) is 0 Å². The molecule has 3 N–H and O–H groups in total. The van der Waals surface area contributed by atoms with E-state index in [1.807, 2.05) is 0 Å². The summed E-state index contributed by atoms with van der Waals surface area (Å²) in [7, 11) is 0. The van der Waals surface area contributed by atoms with Gasteiger partial charge in [-0.2, -0.15) is 4.98 Å². The highest BCUT2D eigenvalue weighted by atomic mass is 79.9. The zero-order chi connectivity index (χ0) is 13.1. The smallest absolute Gasteiger partial charge is 0.240 e. The fourth-order valence-electron chi connectivity index (χ4n) is 1.16. The molecule has 1 heterocycles. The number of nitrogen functional groups attached to an aromatic ring is 1. The highest BCUT2D eigenvalue weighted by Gasteiger charge is 2.11. The van der Waals surface area contributed by atoms with Gasteiger partial charge in [-0.05, 0) is 28.1 Å². The van der Waals surface area contributed by atoms with Crippen molar-refractivity contribution in [3.8, 4) is 11.6 Å². The highest BCUT2D eigenvalue weighted by molar-refractivity contribution is 9.10. The number of aromatic nitrogens is 2. The summed E-state index contributed by atoms with van der Waals surface area (Å²) < 4.78 is 6.12.